The lowest BCUT2D eigenvalue weighted by molar-refractivity contribution is 0.174. The average Bonchev–Trinajstić information content (AvgIpc) is 3.08. The minimum atomic E-state index is 0.324. The summed E-state index contributed by atoms with van der Waals surface area (Å²) in [5.74, 6) is 3.07. The van der Waals surface area contributed by atoms with Gasteiger partial charge in [-0.3, -0.25) is 0 Å². The van der Waals surface area contributed by atoms with Gasteiger partial charge in [0.2, 0.25) is 6.79 Å². The molecule has 0 amide bonds. The minimum Gasteiger partial charge on any atom is -0.494 e. The second kappa shape index (κ2) is 8.61. The Morgan fingerprint density at radius 2 is 2.00 bits per heavy atom. The minimum absolute atomic E-state index is 0.324. The molecule has 1 heterocycles. The molecule has 3 rings (SSSR count). The van der Waals surface area contributed by atoms with E-state index in [-0.39, 0.29) is 0 Å². The summed E-state index contributed by atoms with van der Waals surface area (Å²) >= 11 is 0. The van der Waals surface area contributed by atoms with Crippen LogP contribution in [-0.4, -0.2) is 13.4 Å². The third kappa shape index (κ3) is 5.02. The lowest BCUT2D eigenvalue weighted by Crippen LogP contribution is -1.97. The molecule has 1 atom stereocenters. The number of hydrogen-bond acceptors (Lipinski definition) is 3. The Morgan fingerprint density at radius 3 is 2.88 bits per heavy atom. The van der Waals surface area contributed by atoms with E-state index >= 15 is 0 Å². The molecular formula is C22H26O3. The first kappa shape index (κ1) is 17.4. The second-order valence-corrected chi connectivity index (χ2v) is 6.50. The molecule has 1 aliphatic rings. The monoisotopic (exact) mass is 338 g/mol. The van der Waals surface area contributed by atoms with Crippen molar-refractivity contribution >= 4 is 6.08 Å². The Hall–Kier alpha value is -2.42. The summed E-state index contributed by atoms with van der Waals surface area (Å²) in [6.07, 6.45) is 7.63. The molecule has 2 aromatic rings. The summed E-state index contributed by atoms with van der Waals surface area (Å²) in [6, 6.07) is 14.4. The SMILES string of the molecule is CCCCOc1cccc(C=CC(C)Cc2ccc3c(c2)OCO3)c1. The number of ether oxygens (including phenoxy) is 3. The van der Waals surface area contributed by atoms with Gasteiger partial charge in [-0.05, 0) is 54.2 Å². The predicted octanol–water partition coefficient (Wildman–Crippen LogP) is 5.49. The molecule has 3 nitrogen and oxygen atoms in total. The van der Waals surface area contributed by atoms with Crippen molar-refractivity contribution in [3.63, 3.8) is 0 Å². The van der Waals surface area contributed by atoms with Crippen LogP contribution in [0.25, 0.3) is 6.08 Å². The van der Waals surface area contributed by atoms with Gasteiger partial charge >= 0.3 is 0 Å². The van der Waals surface area contributed by atoms with Crippen molar-refractivity contribution in [1.82, 2.24) is 0 Å². The van der Waals surface area contributed by atoms with Gasteiger partial charge in [0, 0.05) is 0 Å². The number of unbranched alkanes of at least 4 members (excludes halogenated alkanes) is 1. The first-order valence-corrected chi connectivity index (χ1v) is 9.04. The van der Waals surface area contributed by atoms with Crippen LogP contribution in [0.2, 0.25) is 0 Å². The molecule has 1 aliphatic heterocycles. The van der Waals surface area contributed by atoms with Crippen molar-refractivity contribution in [1.29, 1.82) is 0 Å². The van der Waals surface area contributed by atoms with Crippen molar-refractivity contribution in [2.24, 2.45) is 5.92 Å². The first-order chi connectivity index (χ1) is 12.2. The Bertz CT molecular complexity index is 721. The van der Waals surface area contributed by atoms with Gasteiger partial charge in [-0.2, -0.15) is 0 Å². The van der Waals surface area contributed by atoms with Gasteiger partial charge in [0.05, 0.1) is 6.61 Å². The van der Waals surface area contributed by atoms with Crippen LogP contribution in [0.3, 0.4) is 0 Å². The number of hydrogen-bond donors (Lipinski definition) is 0. The van der Waals surface area contributed by atoms with Crippen molar-refractivity contribution in [3.8, 4) is 17.2 Å². The molecule has 0 fully saturated rings. The van der Waals surface area contributed by atoms with Crippen LogP contribution < -0.4 is 14.2 Å². The third-order valence-electron chi connectivity index (χ3n) is 4.24. The van der Waals surface area contributed by atoms with E-state index < -0.39 is 0 Å². The lowest BCUT2D eigenvalue weighted by Gasteiger charge is -2.08. The van der Waals surface area contributed by atoms with Gasteiger partial charge in [-0.25, -0.2) is 0 Å². The predicted molar refractivity (Wildman–Crippen MR) is 101 cm³/mol. The number of allylic oxidation sites excluding steroid dienone is 1. The zero-order valence-corrected chi connectivity index (χ0v) is 15.0. The Morgan fingerprint density at radius 1 is 1.12 bits per heavy atom. The summed E-state index contributed by atoms with van der Waals surface area (Å²) in [7, 11) is 0. The van der Waals surface area contributed by atoms with Crippen LogP contribution in [0, 0.1) is 5.92 Å². The van der Waals surface area contributed by atoms with Gasteiger partial charge in [-0.1, -0.05) is 50.6 Å². The smallest absolute Gasteiger partial charge is 0.231 e. The standard InChI is InChI=1S/C22H26O3/c1-3-4-12-23-20-7-5-6-18(14-20)9-8-17(2)13-19-10-11-21-22(15-19)25-16-24-21/h5-11,14-15,17H,3-4,12-13,16H2,1-2H3. The molecule has 25 heavy (non-hydrogen) atoms. The fourth-order valence-corrected chi connectivity index (χ4v) is 2.83. The van der Waals surface area contributed by atoms with Crippen molar-refractivity contribution in [2.75, 3.05) is 13.4 Å². The molecule has 3 heteroatoms. The van der Waals surface area contributed by atoms with Crippen LogP contribution in [0.1, 0.15) is 37.8 Å². The van der Waals surface area contributed by atoms with E-state index in [1.165, 1.54) is 11.1 Å². The Kier molecular flexibility index (Phi) is 5.99. The van der Waals surface area contributed by atoms with Crippen LogP contribution in [-0.2, 0) is 6.42 Å². The molecule has 0 spiro atoms. The van der Waals surface area contributed by atoms with Crippen LogP contribution >= 0.6 is 0 Å². The summed E-state index contributed by atoms with van der Waals surface area (Å²) in [6.45, 7) is 5.50. The van der Waals surface area contributed by atoms with Crippen LogP contribution in [0.5, 0.6) is 17.2 Å². The molecule has 0 aromatic heterocycles. The highest BCUT2D eigenvalue weighted by Gasteiger charge is 2.13. The summed E-state index contributed by atoms with van der Waals surface area (Å²) in [5.41, 5.74) is 2.43. The van der Waals surface area contributed by atoms with Crippen molar-refractivity contribution in [2.45, 2.75) is 33.1 Å². The maximum atomic E-state index is 5.77. The lowest BCUT2D eigenvalue weighted by atomic mass is 9.99. The van der Waals surface area contributed by atoms with Gasteiger partial charge in [0.15, 0.2) is 11.5 Å². The average molecular weight is 338 g/mol. The molecule has 0 saturated carbocycles. The molecule has 0 N–H and O–H groups in total. The van der Waals surface area contributed by atoms with Gasteiger partial charge in [0.1, 0.15) is 5.75 Å². The highest BCUT2D eigenvalue weighted by Crippen LogP contribution is 2.33. The topological polar surface area (TPSA) is 27.7 Å². The first-order valence-electron chi connectivity index (χ1n) is 9.04. The van der Waals surface area contributed by atoms with Crippen LogP contribution in [0.4, 0.5) is 0 Å². The molecule has 0 aliphatic carbocycles. The maximum Gasteiger partial charge on any atom is 0.231 e. The van der Waals surface area contributed by atoms with Gasteiger partial charge < -0.3 is 14.2 Å². The van der Waals surface area contributed by atoms with E-state index in [0.717, 1.165) is 43.1 Å². The van der Waals surface area contributed by atoms with Gasteiger partial charge in [-0.15, -0.1) is 0 Å². The number of rotatable bonds is 8. The molecular weight excluding hydrogens is 312 g/mol. The molecule has 2 aromatic carbocycles. The zero-order chi connectivity index (χ0) is 17.5. The van der Waals surface area contributed by atoms with Crippen molar-refractivity contribution < 1.29 is 14.2 Å². The van der Waals surface area contributed by atoms with E-state index in [1.54, 1.807) is 0 Å². The molecule has 0 bridgehead atoms. The highest BCUT2D eigenvalue weighted by molar-refractivity contribution is 5.52. The van der Waals surface area contributed by atoms with Crippen LogP contribution in [0.15, 0.2) is 48.5 Å². The summed E-state index contributed by atoms with van der Waals surface area (Å²) < 4.78 is 16.6. The van der Waals surface area contributed by atoms with E-state index in [2.05, 4.69) is 50.3 Å². The van der Waals surface area contributed by atoms with Crippen molar-refractivity contribution in [3.05, 3.63) is 59.7 Å². The fraction of sp³-hybridized carbons (Fsp3) is 0.364. The van der Waals surface area contributed by atoms with E-state index in [0.29, 0.717) is 12.7 Å². The fourth-order valence-electron chi connectivity index (χ4n) is 2.83. The quantitative estimate of drug-likeness (QED) is 0.596. The summed E-state index contributed by atoms with van der Waals surface area (Å²) in [4.78, 5) is 0. The number of fused-ring (bicyclic) bond motifs is 1. The van der Waals surface area contributed by atoms with E-state index in [1.807, 2.05) is 18.2 Å². The molecule has 1 unspecified atom stereocenters. The largest absolute Gasteiger partial charge is 0.494 e. The normalized spacial score (nSPS) is 14.0. The Balaban J connectivity index is 1.57. The molecule has 132 valence electrons. The molecule has 0 radical (unpaired) electrons. The summed E-state index contributed by atoms with van der Waals surface area (Å²) in [5, 5.41) is 0. The molecule has 0 saturated heterocycles. The highest BCUT2D eigenvalue weighted by atomic mass is 16.7. The zero-order valence-electron chi connectivity index (χ0n) is 15.0. The van der Waals surface area contributed by atoms with E-state index in [9.17, 15) is 0 Å². The number of benzene rings is 2. The Labute approximate surface area is 150 Å². The van der Waals surface area contributed by atoms with Gasteiger partial charge in [0.25, 0.3) is 0 Å². The van der Waals surface area contributed by atoms with E-state index in [4.69, 9.17) is 14.2 Å². The maximum absolute atomic E-state index is 5.77. The third-order valence-corrected chi connectivity index (χ3v) is 4.24. The second-order valence-electron chi connectivity index (χ2n) is 6.50.